The molecule has 9 heteroatoms. The van der Waals surface area contributed by atoms with E-state index in [9.17, 15) is 14.0 Å². The van der Waals surface area contributed by atoms with Crippen LogP contribution < -0.4 is 21.7 Å². The van der Waals surface area contributed by atoms with E-state index in [-0.39, 0.29) is 29.3 Å². The minimum absolute atomic E-state index is 0.0593. The standard InChI is InChI=1S/C22H28FN5O3/c1-22(2,13-8-4-3-5-9-13)28-20(29)14-12-15(23)19(27-18(14)24)25-16-10-6-7-11-17(16)26-21(30)31/h3-5,8-9,12,16-17,26H,6-7,10-11H2,1-2H3,(H,28,29)(H,30,31)(H3,24,25,27)/t16-,17+/m0/s1. The van der Waals surface area contributed by atoms with Crippen molar-refractivity contribution < 1.29 is 19.1 Å². The number of nitrogens with zero attached hydrogens (tertiary/aromatic N) is 1. The highest BCUT2D eigenvalue weighted by molar-refractivity contribution is 5.99. The van der Waals surface area contributed by atoms with Gasteiger partial charge in [0.05, 0.1) is 17.1 Å². The summed E-state index contributed by atoms with van der Waals surface area (Å²) in [6.45, 7) is 3.68. The number of anilines is 2. The lowest BCUT2D eigenvalue weighted by molar-refractivity contribution is 0.0912. The first-order valence-electron chi connectivity index (χ1n) is 10.3. The average Bonchev–Trinajstić information content (AvgIpc) is 2.71. The molecule has 0 aliphatic heterocycles. The number of aromatic nitrogens is 1. The maximum Gasteiger partial charge on any atom is 0.404 e. The van der Waals surface area contributed by atoms with Gasteiger partial charge in [-0.2, -0.15) is 0 Å². The van der Waals surface area contributed by atoms with Crippen molar-refractivity contribution in [3.05, 3.63) is 53.3 Å². The molecule has 0 unspecified atom stereocenters. The number of halogens is 1. The number of nitrogen functional groups attached to an aromatic ring is 1. The predicted octanol–water partition coefficient (Wildman–Crippen LogP) is 3.46. The molecule has 1 heterocycles. The highest BCUT2D eigenvalue weighted by Crippen LogP contribution is 2.26. The highest BCUT2D eigenvalue weighted by atomic mass is 19.1. The number of rotatable bonds is 6. The lowest BCUT2D eigenvalue weighted by Gasteiger charge is -2.32. The van der Waals surface area contributed by atoms with Gasteiger partial charge in [-0.3, -0.25) is 4.79 Å². The summed E-state index contributed by atoms with van der Waals surface area (Å²) in [5.41, 5.74) is 6.11. The number of benzene rings is 1. The van der Waals surface area contributed by atoms with Crippen LogP contribution in [0.3, 0.4) is 0 Å². The van der Waals surface area contributed by atoms with Gasteiger partial charge in [0.1, 0.15) is 5.82 Å². The van der Waals surface area contributed by atoms with E-state index in [0.717, 1.165) is 24.5 Å². The molecule has 31 heavy (non-hydrogen) atoms. The van der Waals surface area contributed by atoms with Crippen LogP contribution in [0.5, 0.6) is 0 Å². The maximum absolute atomic E-state index is 14.8. The first kappa shape index (κ1) is 22.3. The van der Waals surface area contributed by atoms with E-state index >= 15 is 0 Å². The van der Waals surface area contributed by atoms with E-state index in [4.69, 9.17) is 10.8 Å². The molecule has 1 aliphatic rings. The fraction of sp³-hybridized carbons (Fsp3) is 0.409. The number of pyridine rings is 1. The van der Waals surface area contributed by atoms with Crippen LogP contribution in [0.15, 0.2) is 36.4 Å². The molecule has 1 aromatic heterocycles. The third-order valence-electron chi connectivity index (χ3n) is 5.57. The molecular weight excluding hydrogens is 401 g/mol. The molecule has 8 nitrogen and oxygen atoms in total. The van der Waals surface area contributed by atoms with Gasteiger partial charge in [-0.05, 0) is 38.3 Å². The molecular formula is C22H28FN5O3. The number of amides is 2. The van der Waals surface area contributed by atoms with Gasteiger partial charge in [-0.1, -0.05) is 43.2 Å². The van der Waals surface area contributed by atoms with Crippen LogP contribution in [0.2, 0.25) is 0 Å². The van der Waals surface area contributed by atoms with E-state index < -0.39 is 23.4 Å². The minimum atomic E-state index is -1.13. The lowest BCUT2D eigenvalue weighted by atomic mass is 9.90. The Kier molecular flexibility index (Phi) is 6.62. The van der Waals surface area contributed by atoms with Gasteiger partial charge in [-0.15, -0.1) is 0 Å². The predicted molar refractivity (Wildman–Crippen MR) is 116 cm³/mol. The summed E-state index contributed by atoms with van der Waals surface area (Å²) in [6.07, 6.45) is 1.97. The zero-order valence-corrected chi connectivity index (χ0v) is 17.6. The molecule has 0 spiro atoms. The number of carbonyl (C=O) groups excluding carboxylic acids is 1. The maximum atomic E-state index is 14.8. The molecule has 6 N–H and O–H groups in total. The summed E-state index contributed by atoms with van der Waals surface area (Å²) in [7, 11) is 0. The number of carbonyl (C=O) groups is 2. The summed E-state index contributed by atoms with van der Waals surface area (Å²) >= 11 is 0. The number of hydrogen-bond donors (Lipinski definition) is 5. The van der Waals surface area contributed by atoms with Crippen molar-refractivity contribution in [2.24, 2.45) is 0 Å². The zero-order chi connectivity index (χ0) is 22.6. The van der Waals surface area contributed by atoms with Gasteiger partial charge in [0.25, 0.3) is 5.91 Å². The molecule has 2 aromatic rings. The minimum Gasteiger partial charge on any atom is -0.465 e. The molecule has 1 aromatic carbocycles. The molecule has 2 atom stereocenters. The van der Waals surface area contributed by atoms with Gasteiger partial charge in [0.2, 0.25) is 0 Å². The van der Waals surface area contributed by atoms with Gasteiger partial charge in [0, 0.05) is 6.04 Å². The van der Waals surface area contributed by atoms with Crippen molar-refractivity contribution in [3.63, 3.8) is 0 Å². The Morgan fingerprint density at radius 2 is 1.81 bits per heavy atom. The third kappa shape index (κ3) is 5.42. The van der Waals surface area contributed by atoms with Gasteiger partial charge in [-0.25, -0.2) is 14.2 Å². The lowest BCUT2D eigenvalue weighted by Crippen LogP contribution is -2.48. The zero-order valence-electron chi connectivity index (χ0n) is 17.6. The summed E-state index contributed by atoms with van der Waals surface area (Å²) in [5, 5.41) is 17.3. The molecule has 3 rings (SSSR count). The van der Waals surface area contributed by atoms with E-state index in [1.165, 1.54) is 0 Å². The Hall–Kier alpha value is -3.36. The fourth-order valence-corrected chi connectivity index (χ4v) is 3.87. The monoisotopic (exact) mass is 429 g/mol. The van der Waals surface area contributed by atoms with Crippen LogP contribution in [0.1, 0.15) is 55.5 Å². The van der Waals surface area contributed by atoms with Gasteiger partial charge in [0.15, 0.2) is 11.6 Å². The Morgan fingerprint density at radius 3 is 2.45 bits per heavy atom. The van der Waals surface area contributed by atoms with Gasteiger partial charge < -0.3 is 26.8 Å². The SMILES string of the molecule is CC(C)(NC(=O)c1cc(F)c(N[C@H]2CCCC[C@H]2NC(=O)O)nc1N)c1ccccc1. The van der Waals surface area contributed by atoms with Crippen molar-refractivity contribution in [2.75, 3.05) is 11.1 Å². The average molecular weight is 429 g/mol. The number of hydrogen-bond acceptors (Lipinski definition) is 5. The summed E-state index contributed by atoms with van der Waals surface area (Å²) in [6, 6.07) is 9.79. The van der Waals surface area contributed by atoms with Crippen molar-refractivity contribution in [3.8, 4) is 0 Å². The van der Waals surface area contributed by atoms with Crippen molar-refractivity contribution >= 4 is 23.6 Å². The van der Waals surface area contributed by atoms with E-state index in [1.807, 2.05) is 44.2 Å². The highest BCUT2D eigenvalue weighted by Gasteiger charge is 2.29. The van der Waals surface area contributed by atoms with Crippen LogP contribution in [0.25, 0.3) is 0 Å². The van der Waals surface area contributed by atoms with E-state index in [2.05, 4.69) is 20.9 Å². The van der Waals surface area contributed by atoms with Crippen LogP contribution >= 0.6 is 0 Å². The molecule has 1 fully saturated rings. The summed E-state index contributed by atoms with van der Waals surface area (Å²) < 4.78 is 14.8. The molecule has 0 radical (unpaired) electrons. The van der Waals surface area contributed by atoms with Crippen LogP contribution in [0, 0.1) is 5.82 Å². The number of nitrogens with two attached hydrogens (primary N) is 1. The topological polar surface area (TPSA) is 129 Å². The van der Waals surface area contributed by atoms with E-state index in [1.54, 1.807) is 0 Å². The Bertz CT molecular complexity index is 952. The Morgan fingerprint density at radius 1 is 1.16 bits per heavy atom. The van der Waals surface area contributed by atoms with Crippen LogP contribution in [-0.4, -0.2) is 34.2 Å². The molecule has 1 aliphatic carbocycles. The second-order valence-corrected chi connectivity index (χ2v) is 8.29. The summed E-state index contributed by atoms with van der Waals surface area (Å²) in [5.74, 6) is -1.46. The smallest absolute Gasteiger partial charge is 0.404 e. The fourth-order valence-electron chi connectivity index (χ4n) is 3.87. The number of nitrogens with one attached hydrogen (secondary N) is 3. The molecule has 0 bridgehead atoms. The quantitative estimate of drug-likeness (QED) is 0.478. The first-order chi connectivity index (χ1) is 14.7. The van der Waals surface area contributed by atoms with Crippen molar-refractivity contribution in [2.45, 2.75) is 57.2 Å². The normalized spacial score (nSPS) is 18.8. The molecule has 166 valence electrons. The Balaban J connectivity index is 1.76. The first-order valence-corrected chi connectivity index (χ1v) is 10.3. The second kappa shape index (κ2) is 9.20. The Labute approximate surface area is 180 Å². The van der Waals surface area contributed by atoms with Crippen molar-refractivity contribution in [1.29, 1.82) is 0 Å². The summed E-state index contributed by atoms with van der Waals surface area (Å²) in [4.78, 5) is 27.9. The number of carboxylic acid groups (broad SMARTS) is 1. The largest absolute Gasteiger partial charge is 0.465 e. The molecule has 2 amide bonds. The second-order valence-electron chi connectivity index (χ2n) is 8.29. The van der Waals surface area contributed by atoms with Crippen LogP contribution in [0.4, 0.5) is 20.8 Å². The van der Waals surface area contributed by atoms with Crippen LogP contribution in [-0.2, 0) is 5.54 Å². The van der Waals surface area contributed by atoms with Crippen molar-refractivity contribution in [1.82, 2.24) is 15.6 Å². The molecule has 1 saturated carbocycles. The third-order valence-corrected chi connectivity index (χ3v) is 5.57. The molecule has 0 saturated heterocycles. The van der Waals surface area contributed by atoms with E-state index in [0.29, 0.717) is 12.8 Å². The van der Waals surface area contributed by atoms with Gasteiger partial charge >= 0.3 is 6.09 Å².